The fourth-order valence-corrected chi connectivity index (χ4v) is 1.32. The van der Waals surface area contributed by atoms with E-state index in [1.807, 2.05) is 0 Å². The smallest absolute Gasteiger partial charge is 0.306 e. The molecule has 1 unspecified atom stereocenters. The molecule has 98 valence electrons. The minimum absolute atomic E-state index is 0.168. The van der Waals surface area contributed by atoms with E-state index in [2.05, 4.69) is 10.3 Å². The molecule has 1 atom stereocenters. The van der Waals surface area contributed by atoms with Crippen molar-refractivity contribution in [1.82, 2.24) is 10.3 Å². The number of aromatic nitrogens is 1. The Bertz CT molecular complexity index is 417. The number of carboxylic acid groups (broad SMARTS) is 1. The number of carbonyl (C=O) groups is 2. The van der Waals surface area contributed by atoms with E-state index in [0.717, 1.165) is 0 Å². The standard InChI is InChI=1S/C12H17N3O3/c1-8(12(17)18)4-5-14-11(16)6-10-3-2-9(13)7-15-10/h2-3,7-8H,4-6,13H2,1H3,(H,14,16)(H,17,18). The molecule has 6 heteroatoms. The molecule has 0 aromatic carbocycles. The van der Waals surface area contributed by atoms with E-state index in [4.69, 9.17) is 10.8 Å². The number of nitrogens with one attached hydrogen (secondary N) is 1. The third kappa shape index (κ3) is 4.82. The Labute approximate surface area is 105 Å². The van der Waals surface area contributed by atoms with Crippen LogP contribution in [-0.2, 0) is 16.0 Å². The Morgan fingerprint density at radius 1 is 1.50 bits per heavy atom. The number of nitrogen functional groups attached to an aromatic ring is 1. The average molecular weight is 251 g/mol. The highest BCUT2D eigenvalue weighted by Crippen LogP contribution is 2.02. The molecule has 0 saturated carbocycles. The van der Waals surface area contributed by atoms with Crippen LogP contribution >= 0.6 is 0 Å². The van der Waals surface area contributed by atoms with Gasteiger partial charge in [-0.25, -0.2) is 0 Å². The summed E-state index contributed by atoms with van der Waals surface area (Å²) in [5, 5.41) is 11.3. The van der Waals surface area contributed by atoms with Gasteiger partial charge in [0.1, 0.15) is 0 Å². The molecule has 0 aliphatic carbocycles. The SMILES string of the molecule is CC(CCNC(=O)Cc1ccc(N)cn1)C(=O)O. The van der Waals surface area contributed by atoms with Gasteiger partial charge in [-0.05, 0) is 18.6 Å². The molecular formula is C12H17N3O3. The lowest BCUT2D eigenvalue weighted by Gasteiger charge is -2.07. The number of hydrogen-bond acceptors (Lipinski definition) is 4. The van der Waals surface area contributed by atoms with Gasteiger partial charge in [-0.2, -0.15) is 0 Å². The molecule has 18 heavy (non-hydrogen) atoms. The Balaban J connectivity index is 2.30. The first-order valence-corrected chi connectivity index (χ1v) is 5.69. The number of nitrogens with two attached hydrogens (primary N) is 1. The summed E-state index contributed by atoms with van der Waals surface area (Å²) < 4.78 is 0. The van der Waals surface area contributed by atoms with Crippen LogP contribution in [0.3, 0.4) is 0 Å². The minimum Gasteiger partial charge on any atom is -0.481 e. The fourth-order valence-electron chi connectivity index (χ4n) is 1.32. The average Bonchev–Trinajstić information content (AvgIpc) is 2.32. The number of carbonyl (C=O) groups excluding carboxylic acids is 1. The molecule has 0 spiro atoms. The molecule has 4 N–H and O–H groups in total. The normalized spacial score (nSPS) is 11.8. The summed E-state index contributed by atoms with van der Waals surface area (Å²) in [4.78, 5) is 26.1. The molecule has 1 aromatic heterocycles. The molecular weight excluding hydrogens is 234 g/mol. The van der Waals surface area contributed by atoms with Crippen LogP contribution in [0.1, 0.15) is 19.0 Å². The summed E-state index contributed by atoms with van der Waals surface area (Å²) in [5.41, 5.74) is 6.66. The van der Waals surface area contributed by atoms with Crippen LogP contribution in [-0.4, -0.2) is 28.5 Å². The highest BCUT2D eigenvalue weighted by atomic mass is 16.4. The number of carboxylic acids is 1. The predicted molar refractivity (Wildman–Crippen MR) is 66.8 cm³/mol. The first-order valence-electron chi connectivity index (χ1n) is 5.69. The summed E-state index contributed by atoms with van der Waals surface area (Å²) in [6.45, 7) is 1.96. The Morgan fingerprint density at radius 2 is 2.22 bits per heavy atom. The molecule has 1 rings (SSSR count). The molecule has 0 aliphatic heterocycles. The van der Waals surface area contributed by atoms with Crippen molar-refractivity contribution in [1.29, 1.82) is 0 Å². The lowest BCUT2D eigenvalue weighted by atomic mass is 10.1. The third-order valence-electron chi connectivity index (χ3n) is 2.51. The highest BCUT2D eigenvalue weighted by Gasteiger charge is 2.11. The molecule has 1 aromatic rings. The van der Waals surface area contributed by atoms with E-state index in [9.17, 15) is 9.59 Å². The first-order chi connectivity index (χ1) is 8.49. The van der Waals surface area contributed by atoms with Crippen molar-refractivity contribution >= 4 is 17.6 Å². The molecule has 0 radical (unpaired) electrons. The van der Waals surface area contributed by atoms with Crippen LogP contribution in [0.15, 0.2) is 18.3 Å². The van der Waals surface area contributed by atoms with Gasteiger partial charge in [-0.1, -0.05) is 6.92 Å². The molecule has 0 saturated heterocycles. The van der Waals surface area contributed by atoms with Gasteiger partial charge in [-0.3, -0.25) is 14.6 Å². The number of anilines is 1. The van der Waals surface area contributed by atoms with E-state index >= 15 is 0 Å². The molecule has 0 bridgehead atoms. The van der Waals surface area contributed by atoms with Gasteiger partial charge < -0.3 is 16.2 Å². The second-order valence-electron chi connectivity index (χ2n) is 4.14. The maximum atomic E-state index is 11.5. The summed E-state index contributed by atoms with van der Waals surface area (Å²) in [6.07, 6.45) is 2.08. The molecule has 0 aliphatic rings. The monoisotopic (exact) mass is 251 g/mol. The largest absolute Gasteiger partial charge is 0.481 e. The van der Waals surface area contributed by atoms with E-state index in [-0.39, 0.29) is 12.3 Å². The quantitative estimate of drug-likeness (QED) is 0.680. The van der Waals surface area contributed by atoms with Crippen molar-refractivity contribution < 1.29 is 14.7 Å². The van der Waals surface area contributed by atoms with Gasteiger partial charge in [-0.15, -0.1) is 0 Å². The van der Waals surface area contributed by atoms with Gasteiger partial charge in [0.15, 0.2) is 0 Å². The van der Waals surface area contributed by atoms with Crippen LogP contribution in [0.2, 0.25) is 0 Å². The first kappa shape index (κ1) is 14.0. The number of aliphatic carboxylic acids is 1. The van der Waals surface area contributed by atoms with E-state index in [1.165, 1.54) is 6.20 Å². The number of rotatable bonds is 6. The van der Waals surface area contributed by atoms with Crippen molar-refractivity contribution in [2.45, 2.75) is 19.8 Å². The van der Waals surface area contributed by atoms with Gasteiger partial charge in [0.05, 0.1) is 24.2 Å². The van der Waals surface area contributed by atoms with Crippen molar-refractivity contribution in [3.05, 3.63) is 24.0 Å². The van der Waals surface area contributed by atoms with Crippen molar-refractivity contribution in [3.63, 3.8) is 0 Å². The van der Waals surface area contributed by atoms with Gasteiger partial charge >= 0.3 is 5.97 Å². The van der Waals surface area contributed by atoms with Crippen molar-refractivity contribution in [3.8, 4) is 0 Å². The van der Waals surface area contributed by atoms with Crippen molar-refractivity contribution in [2.24, 2.45) is 5.92 Å². The van der Waals surface area contributed by atoms with Crippen LogP contribution in [0.25, 0.3) is 0 Å². The summed E-state index contributed by atoms with van der Waals surface area (Å²) in [7, 11) is 0. The second kappa shape index (κ2) is 6.58. The van der Waals surface area contributed by atoms with Crippen LogP contribution in [0.5, 0.6) is 0 Å². The van der Waals surface area contributed by atoms with Crippen LogP contribution < -0.4 is 11.1 Å². The summed E-state index contributed by atoms with van der Waals surface area (Å²) in [5.74, 6) is -1.49. The maximum absolute atomic E-state index is 11.5. The fraction of sp³-hybridized carbons (Fsp3) is 0.417. The summed E-state index contributed by atoms with van der Waals surface area (Å²) in [6, 6.07) is 3.37. The Hall–Kier alpha value is -2.11. The van der Waals surface area contributed by atoms with E-state index < -0.39 is 11.9 Å². The molecule has 1 amide bonds. The third-order valence-corrected chi connectivity index (χ3v) is 2.51. The maximum Gasteiger partial charge on any atom is 0.306 e. The lowest BCUT2D eigenvalue weighted by molar-refractivity contribution is -0.141. The van der Waals surface area contributed by atoms with Gasteiger partial charge in [0.25, 0.3) is 0 Å². The topological polar surface area (TPSA) is 105 Å². The molecule has 1 heterocycles. The van der Waals surface area contributed by atoms with Gasteiger partial charge in [0.2, 0.25) is 5.91 Å². The molecule has 0 fully saturated rings. The zero-order chi connectivity index (χ0) is 13.5. The second-order valence-corrected chi connectivity index (χ2v) is 4.14. The summed E-state index contributed by atoms with van der Waals surface area (Å²) >= 11 is 0. The predicted octanol–water partition coefficient (Wildman–Crippen LogP) is 0.433. The van der Waals surface area contributed by atoms with E-state index in [0.29, 0.717) is 24.3 Å². The van der Waals surface area contributed by atoms with Crippen LogP contribution in [0, 0.1) is 5.92 Å². The number of hydrogen-bond donors (Lipinski definition) is 3. The Kier molecular flexibility index (Phi) is 5.10. The zero-order valence-electron chi connectivity index (χ0n) is 10.2. The van der Waals surface area contributed by atoms with Crippen LogP contribution in [0.4, 0.5) is 5.69 Å². The number of pyridine rings is 1. The Morgan fingerprint density at radius 3 is 2.78 bits per heavy atom. The zero-order valence-corrected chi connectivity index (χ0v) is 10.2. The van der Waals surface area contributed by atoms with E-state index in [1.54, 1.807) is 19.1 Å². The lowest BCUT2D eigenvalue weighted by Crippen LogP contribution is -2.28. The highest BCUT2D eigenvalue weighted by molar-refractivity contribution is 5.78. The number of amides is 1. The molecule has 6 nitrogen and oxygen atoms in total. The number of nitrogens with zero attached hydrogens (tertiary/aromatic N) is 1. The van der Waals surface area contributed by atoms with Crippen molar-refractivity contribution in [2.75, 3.05) is 12.3 Å². The van der Waals surface area contributed by atoms with Gasteiger partial charge in [0, 0.05) is 12.2 Å². The minimum atomic E-state index is -0.857.